The molecule has 0 aromatic carbocycles. The molecule has 2 heterocycles. The Balaban J connectivity index is 1.70. The van der Waals surface area contributed by atoms with E-state index >= 15 is 0 Å². The van der Waals surface area contributed by atoms with Gasteiger partial charge in [0.05, 0.1) is 25.2 Å². The summed E-state index contributed by atoms with van der Waals surface area (Å²) in [6, 6.07) is 2.11. The summed E-state index contributed by atoms with van der Waals surface area (Å²) in [4.78, 5) is 0. The van der Waals surface area contributed by atoms with Gasteiger partial charge in [0, 0.05) is 11.7 Å². The predicted octanol–water partition coefficient (Wildman–Crippen LogP) is 1.93. The molecule has 0 spiro atoms. The van der Waals surface area contributed by atoms with Gasteiger partial charge in [0.25, 0.3) is 0 Å². The molecule has 0 bridgehead atoms. The fourth-order valence-corrected chi connectivity index (χ4v) is 3.18. The van der Waals surface area contributed by atoms with Crippen LogP contribution in [0.25, 0.3) is 0 Å². The fraction of sp³-hybridized carbons (Fsp3) is 0.900. The van der Waals surface area contributed by atoms with Crippen LogP contribution in [0.4, 0.5) is 0 Å². The highest BCUT2D eigenvalue weighted by atomic mass is 32.2. The molecule has 2 rings (SSSR count). The summed E-state index contributed by atoms with van der Waals surface area (Å²) in [5, 5.41) is 9.22. The molecule has 0 N–H and O–H groups in total. The van der Waals surface area contributed by atoms with E-state index in [1.54, 1.807) is 0 Å². The number of hydrogen-bond donors (Lipinski definition) is 0. The number of nitriles is 1. The van der Waals surface area contributed by atoms with Crippen LogP contribution < -0.4 is 0 Å². The van der Waals surface area contributed by atoms with Gasteiger partial charge in [-0.05, 0) is 18.6 Å². The van der Waals surface area contributed by atoms with Gasteiger partial charge in [0.15, 0.2) is 6.29 Å². The first-order chi connectivity index (χ1) is 6.88. The summed E-state index contributed by atoms with van der Waals surface area (Å²) in [5.41, 5.74) is 0. The molecule has 0 amide bonds. The zero-order chi connectivity index (χ0) is 9.80. The lowest BCUT2D eigenvalue weighted by Gasteiger charge is -2.14. The molecule has 2 fully saturated rings. The minimum atomic E-state index is -0.0519. The Morgan fingerprint density at radius 3 is 3.14 bits per heavy atom. The molecule has 2 saturated heterocycles. The minimum absolute atomic E-state index is 0.0106. The van der Waals surface area contributed by atoms with E-state index in [0.29, 0.717) is 18.3 Å². The quantitative estimate of drug-likeness (QED) is 0.718. The highest BCUT2D eigenvalue weighted by Gasteiger charge is 2.29. The van der Waals surface area contributed by atoms with Crippen molar-refractivity contribution >= 4 is 11.8 Å². The number of thioether (sulfide) groups is 1. The Morgan fingerprint density at radius 1 is 1.50 bits per heavy atom. The second kappa shape index (κ2) is 5.01. The van der Waals surface area contributed by atoms with Gasteiger partial charge in [-0.1, -0.05) is 0 Å². The van der Waals surface area contributed by atoms with Crippen molar-refractivity contribution in [3.05, 3.63) is 0 Å². The highest BCUT2D eigenvalue weighted by Crippen LogP contribution is 2.32. The van der Waals surface area contributed by atoms with Crippen molar-refractivity contribution in [3.8, 4) is 6.07 Å². The van der Waals surface area contributed by atoms with Crippen LogP contribution in [-0.2, 0) is 9.47 Å². The number of nitrogens with zero attached hydrogens (tertiary/aromatic N) is 1. The van der Waals surface area contributed by atoms with Crippen LogP contribution in [0.5, 0.6) is 0 Å². The van der Waals surface area contributed by atoms with Crippen LogP contribution >= 0.6 is 11.8 Å². The standard InChI is InChI=1S/C10H15NO2S/c11-4-3-8-7-12-10(13-8)6-9-2-1-5-14-9/h8-10H,1-3,5-7H2. The van der Waals surface area contributed by atoms with Gasteiger partial charge in [-0.3, -0.25) is 0 Å². The van der Waals surface area contributed by atoms with E-state index in [0.717, 1.165) is 6.42 Å². The second-order valence-corrected chi connectivity index (χ2v) is 5.16. The van der Waals surface area contributed by atoms with Crippen LogP contribution in [0.15, 0.2) is 0 Å². The molecule has 0 aliphatic carbocycles. The smallest absolute Gasteiger partial charge is 0.159 e. The van der Waals surface area contributed by atoms with Crippen LogP contribution in [0.2, 0.25) is 0 Å². The van der Waals surface area contributed by atoms with Crippen molar-refractivity contribution in [2.24, 2.45) is 0 Å². The molecule has 3 atom stereocenters. The fourth-order valence-electron chi connectivity index (χ4n) is 1.89. The third-order valence-electron chi connectivity index (χ3n) is 2.61. The molecule has 2 aliphatic heterocycles. The molecule has 0 radical (unpaired) electrons. The van der Waals surface area contributed by atoms with Crippen LogP contribution in [0.1, 0.15) is 25.7 Å². The summed E-state index contributed by atoms with van der Waals surface area (Å²) in [7, 11) is 0. The maximum Gasteiger partial charge on any atom is 0.159 e. The summed E-state index contributed by atoms with van der Waals surface area (Å²) in [6.45, 7) is 0.593. The maximum absolute atomic E-state index is 8.51. The number of hydrogen-bond acceptors (Lipinski definition) is 4. The summed E-state index contributed by atoms with van der Waals surface area (Å²) >= 11 is 2.02. The first-order valence-electron chi connectivity index (χ1n) is 5.14. The Hall–Kier alpha value is -0.240. The number of rotatable bonds is 3. The largest absolute Gasteiger partial charge is 0.350 e. The topological polar surface area (TPSA) is 42.2 Å². The lowest BCUT2D eigenvalue weighted by molar-refractivity contribution is -0.0609. The lowest BCUT2D eigenvalue weighted by Crippen LogP contribution is -2.16. The van der Waals surface area contributed by atoms with Gasteiger partial charge < -0.3 is 9.47 Å². The zero-order valence-electron chi connectivity index (χ0n) is 8.15. The van der Waals surface area contributed by atoms with Gasteiger partial charge in [-0.15, -0.1) is 0 Å². The monoisotopic (exact) mass is 213 g/mol. The first kappa shape index (κ1) is 10.3. The van der Waals surface area contributed by atoms with Crippen molar-refractivity contribution in [2.45, 2.75) is 43.3 Å². The molecular weight excluding hydrogens is 198 g/mol. The van der Waals surface area contributed by atoms with Crippen LogP contribution in [-0.4, -0.2) is 30.0 Å². The molecule has 2 aliphatic rings. The molecular formula is C10H15NO2S. The molecule has 0 aromatic rings. The Bertz CT molecular complexity index is 223. The molecule has 78 valence electrons. The Kier molecular flexibility index (Phi) is 3.68. The molecule has 14 heavy (non-hydrogen) atoms. The van der Waals surface area contributed by atoms with E-state index in [-0.39, 0.29) is 12.4 Å². The van der Waals surface area contributed by atoms with E-state index in [1.165, 1.54) is 18.6 Å². The van der Waals surface area contributed by atoms with E-state index < -0.39 is 0 Å². The SMILES string of the molecule is N#CCC1COC(CC2CCCS2)O1. The average molecular weight is 213 g/mol. The van der Waals surface area contributed by atoms with E-state index in [4.69, 9.17) is 14.7 Å². The Labute approximate surface area is 88.8 Å². The third-order valence-corrected chi connectivity index (χ3v) is 4.03. The minimum Gasteiger partial charge on any atom is -0.350 e. The van der Waals surface area contributed by atoms with Gasteiger partial charge in [0.2, 0.25) is 0 Å². The van der Waals surface area contributed by atoms with Crippen molar-refractivity contribution in [1.29, 1.82) is 5.26 Å². The zero-order valence-corrected chi connectivity index (χ0v) is 8.96. The third kappa shape index (κ3) is 2.63. The van der Waals surface area contributed by atoms with Crippen molar-refractivity contribution in [2.75, 3.05) is 12.4 Å². The predicted molar refractivity (Wildman–Crippen MR) is 54.9 cm³/mol. The molecule has 4 heteroatoms. The second-order valence-electron chi connectivity index (χ2n) is 3.75. The van der Waals surface area contributed by atoms with Crippen molar-refractivity contribution in [3.63, 3.8) is 0 Å². The van der Waals surface area contributed by atoms with Gasteiger partial charge in [0.1, 0.15) is 0 Å². The molecule has 3 unspecified atom stereocenters. The van der Waals surface area contributed by atoms with Gasteiger partial charge in [-0.2, -0.15) is 17.0 Å². The van der Waals surface area contributed by atoms with E-state index in [9.17, 15) is 0 Å². The van der Waals surface area contributed by atoms with E-state index in [2.05, 4.69) is 6.07 Å². The van der Waals surface area contributed by atoms with Gasteiger partial charge in [-0.25, -0.2) is 0 Å². The average Bonchev–Trinajstić information content (AvgIpc) is 2.79. The highest BCUT2D eigenvalue weighted by molar-refractivity contribution is 8.00. The van der Waals surface area contributed by atoms with Crippen LogP contribution in [0.3, 0.4) is 0 Å². The lowest BCUT2D eigenvalue weighted by atomic mass is 10.2. The number of ether oxygens (including phenoxy) is 2. The van der Waals surface area contributed by atoms with Crippen LogP contribution in [0, 0.1) is 11.3 Å². The molecule has 3 nitrogen and oxygen atoms in total. The normalized spacial score (nSPS) is 37.2. The molecule has 0 saturated carbocycles. The van der Waals surface area contributed by atoms with Crippen molar-refractivity contribution < 1.29 is 9.47 Å². The summed E-state index contributed by atoms with van der Waals surface area (Å²) in [5.74, 6) is 1.28. The Morgan fingerprint density at radius 2 is 2.43 bits per heavy atom. The maximum atomic E-state index is 8.51. The summed E-state index contributed by atoms with van der Waals surface area (Å²) < 4.78 is 11.1. The summed E-state index contributed by atoms with van der Waals surface area (Å²) in [6.07, 6.45) is 4.02. The van der Waals surface area contributed by atoms with E-state index in [1.807, 2.05) is 11.8 Å². The van der Waals surface area contributed by atoms with Crippen molar-refractivity contribution in [1.82, 2.24) is 0 Å². The molecule has 0 aromatic heterocycles. The first-order valence-corrected chi connectivity index (χ1v) is 6.19. The van der Waals surface area contributed by atoms with Gasteiger partial charge >= 0.3 is 0 Å².